The van der Waals surface area contributed by atoms with Gasteiger partial charge in [-0.2, -0.15) is 0 Å². The number of carbonyl (C=O) groups is 1. The van der Waals surface area contributed by atoms with E-state index in [2.05, 4.69) is 14.5 Å². The molecule has 1 aromatic heterocycles. The lowest BCUT2D eigenvalue weighted by Crippen LogP contribution is -2.42. The van der Waals surface area contributed by atoms with Crippen molar-refractivity contribution in [2.45, 2.75) is 57.3 Å². The van der Waals surface area contributed by atoms with Crippen molar-refractivity contribution in [1.29, 1.82) is 0 Å². The van der Waals surface area contributed by atoms with E-state index in [1.807, 2.05) is 13.3 Å². The summed E-state index contributed by atoms with van der Waals surface area (Å²) >= 11 is 0. The molecule has 19 heavy (non-hydrogen) atoms. The van der Waals surface area contributed by atoms with Crippen molar-refractivity contribution < 1.29 is 9.53 Å². The highest BCUT2D eigenvalue weighted by atomic mass is 16.6. The fraction of sp³-hybridized carbons (Fsp3) is 0.714. The predicted molar refractivity (Wildman–Crippen MR) is 68.6 cm³/mol. The summed E-state index contributed by atoms with van der Waals surface area (Å²) in [6.45, 7) is 3.70. The molecule has 1 aromatic rings. The van der Waals surface area contributed by atoms with Crippen molar-refractivity contribution in [3.8, 4) is 0 Å². The molecule has 1 saturated carbocycles. The molecule has 0 unspecified atom stereocenters. The Morgan fingerprint density at radius 1 is 1.42 bits per heavy atom. The molecule has 0 spiro atoms. The van der Waals surface area contributed by atoms with E-state index < -0.39 is 0 Å². The fourth-order valence-corrected chi connectivity index (χ4v) is 3.32. The molecule has 4 rings (SSSR count). The number of aromatic nitrogens is 2. The van der Waals surface area contributed by atoms with E-state index in [1.165, 1.54) is 18.5 Å². The first-order valence-electron chi connectivity index (χ1n) is 7.21. The quantitative estimate of drug-likeness (QED) is 0.752. The number of rotatable bonds is 2. The molecule has 0 N–H and O–H groups in total. The Hall–Kier alpha value is -1.36. The van der Waals surface area contributed by atoms with Crippen LogP contribution in [0.5, 0.6) is 0 Å². The Kier molecular flexibility index (Phi) is 2.45. The third-order valence-electron chi connectivity index (χ3n) is 4.50. The average Bonchev–Trinajstić information content (AvgIpc) is 3.06. The Labute approximate surface area is 112 Å². The highest BCUT2D eigenvalue weighted by Gasteiger charge is 2.39. The first kappa shape index (κ1) is 11.5. The molecule has 102 valence electrons. The van der Waals surface area contributed by atoms with Gasteiger partial charge in [0.05, 0.1) is 12.0 Å². The molecule has 3 aliphatic rings. The molecule has 2 atom stereocenters. The minimum atomic E-state index is -0.0609. The van der Waals surface area contributed by atoms with Crippen LogP contribution in [0.4, 0.5) is 0 Å². The van der Waals surface area contributed by atoms with Gasteiger partial charge in [0, 0.05) is 37.7 Å². The minimum Gasteiger partial charge on any atom is -0.461 e. The molecule has 0 amide bonds. The van der Waals surface area contributed by atoms with E-state index in [4.69, 9.17) is 4.74 Å². The van der Waals surface area contributed by atoms with Crippen LogP contribution < -0.4 is 0 Å². The maximum absolute atomic E-state index is 11.8. The van der Waals surface area contributed by atoms with Crippen LogP contribution in [0.3, 0.4) is 0 Å². The number of hydrogen-bond donors (Lipinski definition) is 0. The summed E-state index contributed by atoms with van der Waals surface area (Å²) in [5.74, 6) is -0.0578. The SMILES string of the molecule is C[C@@H]1C[C@H](N2CCc3c(ncn3C3CC3)C2)C(=O)O1. The highest BCUT2D eigenvalue weighted by Crippen LogP contribution is 2.37. The number of fused-ring (bicyclic) bond motifs is 1. The molecule has 3 heterocycles. The largest absolute Gasteiger partial charge is 0.461 e. The van der Waals surface area contributed by atoms with Gasteiger partial charge in [0.15, 0.2) is 0 Å². The van der Waals surface area contributed by atoms with E-state index >= 15 is 0 Å². The molecule has 1 aliphatic carbocycles. The lowest BCUT2D eigenvalue weighted by Gasteiger charge is -2.29. The summed E-state index contributed by atoms with van der Waals surface area (Å²) in [7, 11) is 0. The van der Waals surface area contributed by atoms with Crippen LogP contribution in [-0.4, -0.2) is 39.1 Å². The van der Waals surface area contributed by atoms with Gasteiger partial charge < -0.3 is 9.30 Å². The van der Waals surface area contributed by atoms with E-state index in [1.54, 1.807) is 0 Å². The number of hydrogen-bond acceptors (Lipinski definition) is 4. The second-order valence-corrected chi connectivity index (χ2v) is 6.00. The predicted octanol–water partition coefficient (Wildman–Crippen LogP) is 1.28. The van der Waals surface area contributed by atoms with Crippen molar-refractivity contribution in [1.82, 2.24) is 14.5 Å². The molecule has 0 bridgehead atoms. The normalized spacial score (nSPS) is 31.3. The van der Waals surface area contributed by atoms with E-state index in [-0.39, 0.29) is 18.1 Å². The highest BCUT2D eigenvalue weighted by molar-refractivity contribution is 5.78. The maximum atomic E-state index is 11.8. The summed E-state index contributed by atoms with van der Waals surface area (Å²) in [6.07, 6.45) is 6.45. The van der Waals surface area contributed by atoms with E-state index in [0.29, 0.717) is 6.04 Å². The molecule has 0 aromatic carbocycles. The van der Waals surface area contributed by atoms with Gasteiger partial charge in [-0.15, -0.1) is 0 Å². The Morgan fingerprint density at radius 2 is 2.26 bits per heavy atom. The third-order valence-corrected chi connectivity index (χ3v) is 4.50. The van der Waals surface area contributed by atoms with Crippen LogP contribution in [0.15, 0.2) is 6.33 Å². The monoisotopic (exact) mass is 261 g/mol. The first-order chi connectivity index (χ1) is 9.22. The van der Waals surface area contributed by atoms with Gasteiger partial charge in [0.2, 0.25) is 0 Å². The minimum absolute atomic E-state index is 0.0578. The maximum Gasteiger partial charge on any atom is 0.323 e. The summed E-state index contributed by atoms with van der Waals surface area (Å²) in [5, 5.41) is 0. The van der Waals surface area contributed by atoms with Crippen molar-refractivity contribution >= 4 is 5.97 Å². The van der Waals surface area contributed by atoms with Crippen molar-refractivity contribution in [2.24, 2.45) is 0 Å². The van der Waals surface area contributed by atoms with Crippen molar-refractivity contribution in [2.75, 3.05) is 6.54 Å². The Balaban J connectivity index is 1.54. The zero-order valence-corrected chi connectivity index (χ0v) is 11.2. The second kappa shape index (κ2) is 4.07. The van der Waals surface area contributed by atoms with Gasteiger partial charge >= 0.3 is 5.97 Å². The fourth-order valence-electron chi connectivity index (χ4n) is 3.32. The Bertz CT molecular complexity index is 521. The van der Waals surface area contributed by atoms with Crippen LogP contribution in [-0.2, 0) is 22.5 Å². The number of ether oxygens (including phenoxy) is 1. The zero-order valence-electron chi connectivity index (χ0n) is 11.2. The van der Waals surface area contributed by atoms with Gasteiger partial charge in [0.25, 0.3) is 0 Å². The summed E-state index contributed by atoms with van der Waals surface area (Å²) < 4.78 is 7.61. The number of nitrogens with zero attached hydrogens (tertiary/aromatic N) is 3. The third kappa shape index (κ3) is 1.87. The standard InChI is InChI=1S/C14H19N3O2/c1-9-6-13(14(18)19-9)16-5-4-12-11(7-16)15-8-17(12)10-2-3-10/h8-10,13H,2-7H2,1H3/t9-,13+/m1/s1. The first-order valence-corrected chi connectivity index (χ1v) is 7.21. The summed E-state index contributed by atoms with van der Waals surface area (Å²) in [5.41, 5.74) is 2.55. The lowest BCUT2D eigenvalue weighted by atomic mass is 10.1. The van der Waals surface area contributed by atoms with Crippen LogP contribution in [0.1, 0.15) is 43.6 Å². The van der Waals surface area contributed by atoms with Crippen molar-refractivity contribution in [3.63, 3.8) is 0 Å². The lowest BCUT2D eigenvalue weighted by molar-refractivity contribution is -0.145. The van der Waals surface area contributed by atoms with Crippen LogP contribution in [0.25, 0.3) is 0 Å². The molecular formula is C14H19N3O2. The Morgan fingerprint density at radius 3 is 2.95 bits per heavy atom. The molecule has 5 nitrogen and oxygen atoms in total. The number of imidazole rings is 1. The van der Waals surface area contributed by atoms with E-state index in [9.17, 15) is 4.79 Å². The number of carbonyl (C=O) groups excluding carboxylic acids is 1. The van der Waals surface area contributed by atoms with E-state index in [0.717, 1.165) is 31.6 Å². The summed E-state index contributed by atoms with van der Waals surface area (Å²) in [4.78, 5) is 18.6. The molecule has 2 fully saturated rings. The average molecular weight is 261 g/mol. The topological polar surface area (TPSA) is 47.4 Å². The van der Waals surface area contributed by atoms with Crippen molar-refractivity contribution in [3.05, 3.63) is 17.7 Å². The van der Waals surface area contributed by atoms with Crippen LogP contribution in [0, 0.1) is 0 Å². The number of esters is 1. The van der Waals surface area contributed by atoms with Gasteiger partial charge in [-0.05, 0) is 19.8 Å². The van der Waals surface area contributed by atoms with Gasteiger partial charge in [0.1, 0.15) is 12.1 Å². The van der Waals surface area contributed by atoms with Crippen LogP contribution >= 0.6 is 0 Å². The van der Waals surface area contributed by atoms with Gasteiger partial charge in [-0.25, -0.2) is 4.98 Å². The smallest absolute Gasteiger partial charge is 0.323 e. The van der Waals surface area contributed by atoms with Gasteiger partial charge in [-0.1, -0.05) is 0 Å². The van der Waals surface area contributed by atoms with Crippen LogP contribution in [0.2, 0.25) is 0 Å². The zero-order chi connectivity index (χ0) is 13.0. The second-order valence-electron chi connectivity index (χ2n) is 6.00. The molecule has 2 aliphatic heterocycles. The number of cyclic esters (lactones) is 1. The van der Waals surface area contributed by atoms with Gasteiger partial charge in [-0.3, -0.25) is 9.69 Å². The molecule has 0 radical (unpaired) electrons. The molecular weight excluding hydrogens is 242 g/mol. The molecule has 5 heteroatoms. The molecule has 1 saturated heterocycles. The summed E-state index contributed by atoms with van der Waals surface area (Å²) in [6, 6.07) is 0.633.